The molecular weight excluding hydrogens is 468 g/mol. The molecule has 0 saturated heterocycles. The lowest BCUT2D eigenvalue weighted by molar-refractivity contribution is 0.482. The van der Waals surface area contributed by atoms with Crippen LogP contribution in [-0.2, 0) is 38.9 Å². The van der Waals surface area contributed by atoms with Crippen LogP contribution >= 0.6 is 0 Å². The Hall–Kier alpha value is -1.56. The smallest absolute Gasteiger partial charge is 0.0126 e. The summed E-state index contributed by atoms with van der Waals surface area (Å²) in [5, 5.41) is 0. The minimum Gasteiger partial charge on any atom is -0.0584 e. The van der Waals surface area contributed by atoms with Gasteiger partial charge in [-0.1, -0.05) is 156 Å². The molecule has 1 atom stereocenters. The highest BCUT2D eigenvalue weighted by Gasteiger charge is 2.37. The van der Waals surface area contributed by atoms with Gasteiger partial charge < -0.3 is 0 Å². The minimum absolute atomic E-state index is 0.0472. The number of rotatable bonds is 3. The molecule has 0 N–H and O–H groups in total. The topological polar surface area (TPSA) is 0 Å². The van der Waals surface area contributed by atoms with E-state index >= 15 is 0 Å². The standard InChI is InChI=1S/C39H64/c1-25(26-20-21-28(34(2,3)4)30(23-26)36(8,9)10)22-27-29(35(5,6)7)24-31(37(11,12)13)33(39(17,18)19)32(27)38(14,15)16/h20-21,23-25H,22H2,1-19H3. The molecule has 1 unspecified atom stereocenters. The first-order chi connectivity index (χ1) is 17.1. The summed E-state index contributed by atoms with van der Waals surface area (Å²) in [5.74, 6) is 0.427. The van der Waals surface area contributed by atoms with Crippen molar-refractivity contribution in [2.45, 2.75) is 176 Å². The fourth-order valence-electron chi connectivity index (χ4n) is 6.37. The van der Waals surface area contributed by atoms with Gasteiger partial charge in [0.15, 0.2) is 0 Å². The molecule has 0 aliphatic rings. The molecule has 2 aromatic rings. The van der Waals surface area contributed by atoms with Crippen LogP contribution in [0.1, 0.15) is 182 Å². The van der Waals surface area contributed by atoms with Crippen molar-refractivity contribution >= 4 is 0 Å². The van der Waals surface area contributed by atoms with Crippen molar-refractivity contribution < 1.29 is 0 Å². The van der Waals surface area contributed by atoms with E-state index in [9.17, 15) is 0 Å². The zero-order chi connectivity index (χ0) is 30.7. The highest BCUT2D eigenvalue weighted by molar-refractivity contribution is 5.56. The Labute approximate surface area is 244 Å². The van der Waals surface area contributed by atoms with Crippen molar-refractivity contribution in [3.63, 3.8) is 0 Å². The van der Waals surface area contributed by atoms with E-state index in [2.05, 4.69) is 156 Å². The van der Waals surface area contributed by atoms with Crippen LogP contribution in [-0.4, -0.2) is 0 Å². The quantitative estimate of drug-likeness (QED) is 0.369. The van der Waals surface area contributed by atoms with Crippen molar-refractivity contribution in [2.24, 2.45) is 0 Å². The third kappa shape index (κ3) is 7.59. The Kier molecular flexibility index (Phi) is 8.94. The maximum absolute atomic E-state index is 2.60. The Morgan fingerprint density at radius 2 is 0.846 bits per heavy atom. The predicted molar refractivity (Wildman–Crippen MR) is 177 cm³/mol. The molecule has 0 bridgehead atoms. The molecule has 0 radical (unpaired) electrons. The summed E-state index contributed by atoms with van der Waals surface area (Å²) >= 11 is 0. The first kappa shape index (κ1) is 33.6. The number of hydrogen-bond donors (Lipinski definition) is 0. The molecule has 39 heavy (non-hydrogen) atoms. The zero-order valence-corrected chi connectivity index (χ0v) is 29.6. The van der Waals surface area contributed by atoms with Gasteiger partial charge in [0.25, 0.3) is 0 Å². The van der Waals surface area contributed by atoms with Crippen LogP contribution < -0.4 is 0 Å². The SMILES string of the molecule is CC(Cc1c(C(C)(C)C)cc(C(C)(C)C)c(C(C)(C)C)c1C(C)(C)C)c1ccc(C(C)(C)C)c(C(C)(C)C)c1. The molecule has 0 heterocycles. The van der Waals surface area contributed by atoms with Crippen molar-refractivity contribution in [1.29, 1.82) is 0 Å². The normalized spacial score (nSPS) is 15.1. The monoisotopic (exact) mass is 533 g/mol. The lowest BCUT2D eigenvalue weighted by atomic mass is 9.63. The summed E-state index contributed by atoms with van der Waals surface area (Å²) in [7, 11) is 0. The Morgan fingerprint density at radius 1 is 0.436 bits per heavy atom. The number of benzene rings is 2. The van der Waals surface area contributed by atoms with E-state index in [1.54, 1.807) is 16.7 Å². The van der Waals surface area contributed by atoms with E-state index in [0.717, 1.165) is 6.42 Å². The van der Waals surface area contributed by atoms with Crippen LogP contribution in [0.5, 0.6) is 0 Å². The van der Waals surface area contributed by atoms with E-state index in [1.165, 1.54) is 27.8 Å². The van der Waals surface area contributed by atoms with Crippen LogP contribution in [0.25, 0.3) is 0 Å². The molecule has 0 aromatic heterocycles. The maximum atomic E-state index is 2.60. The summed E-state index contributed by atoms with van der Waals surface area (Å²) in [6.07, 6.45) is 1.06. The van der Waals surface area contributed by atoms with Gasteiger partial charge in [0.05, 0.1) is 0 Å². The molecule has 0 aliphatic heterocycles. The molecule has 220 valence electrons. The van der Waals surface area contributed by atoms with Gasteiger partial charge in [-0.05, 0) is 89.3 Å². The zero-order valence-electron chi connectivity index (χ0n) is 29.6. The largest absolute Gasteiger partial charge is 0.0584 e. The molecular formula is C39H64. The molecule has 0 heteroatoms. The maximum Gasteiger partial charge on any atom is -0.0126 e. The van der Waals surface area contributed by atoms with Crippen molar-refractivity contribution in [3.05, 3.63) is 68.8 Å². The van der Waals surface area contributed by atoms with E-state index in [0.29, 0.717) is 5.92 Å². The second-order valence-electron chi connectivity index (χ2n) is 18.6. The van der Waals surface area contributed by atoms with Gasteiger partial charge in [-0.2, -0.15) is 0 Å². The molecule has 0 amide bonds. The third-order valence-corrected chi connectivity index (χ3v) is 8.29. The molecule has 0 saturated carbocycles. The lowest BCUT2D eigenvalue weighted by Gasteiger charge is -2.41. The van der Waals surface area contributed by atoms with Gasteiger partial charge in [0.2, 0.25) is 0 Å². The minimum atomic E-state index is 0.0472. The van der Waals surface area contributed by atoms with Crippen LogP contribution in [0.2, 0.25) is 0 Å². The second-order valence-corrected chi connectivity index (χ2v) is 18.6. The Bertz CT molecular complexity index is 1160. The first-order valence-corrected chi connectivity index (χ1v) is 15.4. The fraction of sp³-hybridized carbons (Fsp3) is 0.692. The molecule has 0 aliphatic carbocycles. The van der Waals surface area contributed by atoms with Crippen LogP contribution in [0.3, 0.4) is 0 Å². The molecule has 0 fully saturated rings. The highest BCUT2D eigenvalue weighted by Crippen LogP contribution is 2.47. The first-order valence-electron chi connectivity index (χ1n) is 15.4. The third-order valence-electron chi connectivity index (χ3n) is 8.29. The van der Waals surface area contributed by atoms with E-state index in [1.807, 2.05) is 0 Å². The predicted octanol–water partition coefficient (Wildman–Crippen LogP) is 11.8. The van der Waals surface area contributed by atoms with E-state index in [-0.39, 0.29) is 32.5 Å². The summed E-state index contributed by atoms with van der Waals surface area (Å²) in [6, 6.07) is 9.97. The van der Waals surface area contributed by atoms with Gasteiger partial charge >= 0.3 is 0 Å². The molecule has 2 rings (SSSR count). The Balaban J connectivity index is 2.96. The van der Waals surface area contributed by atoms with Crippen LogP contribution in [0.15, 0.2) is 24.3 Å². The fourth-order valence-corrected chi connectivity index (χ4v) is 6.37. The van der Waals surface area contributed by atoms with Crippen LogP contribution in [0, 0.1) is 0 Å². The van der Waals surface area contributed by atoms with Crippen molar-refractivity contribution in [3.8, 4) is 0 Å². The second kappa shape index (κ2) is 10.4. The van der Waals surface area contributed by atoms with Crippen LogP contribution in [0.4, 0.5) is 0 Å². The summed E-state index contributed by atoms with van der Waals surface area (Å²) in [4.78, 5) is 0. The number of hydrogen-bond acceptors (Lipinski definition) is 0. The van der Waals surface area contributed by atoms with Gasteiger partial charge in [0.1, 0.15) is 0 Å². The van der Waals surface area contributed by atoms with Gasteiger partial charge in [-0.25, -0.2) is 0 Å². The average Bonchev–Trinajstić information content (AvgIpc) is 2.68. The average molecular weight is 533 g/mol. The summed E-state index contributed by atoms with van der Waals surface area (Å²) < 4.78 is 0. The van der Waals surface area contributed by atoms with E-state index < -0.39 is 0 Å². The molecule has 0 nitrogen and oxygen atoms in total. The highest BCUT2D eigenvalue weighted by atomic mass is 14.4. The van der Waals surface area contributed by atoms with Gasteiger partial charge in [-0.15, -0.1) is 0 Å². The van der Waals surface area contributed by atoms with Gasteiger partial charge in [0, 0.05) is 0 Å². The van der Waals surface area contributed by atoms with Crippen molar-refractivity contribution in [2.75, 3.05) is 0 Å². The molecule has 0 spiro atoms. The summed E-state index contributed by atoms with van der Waals surface area (Å²) in [5.41, 5.74) is 12.7. The van der Waals surface area contributed by atoms with E-state index in [4.69, 9.17) is 0 Å². The van der Waals surface area contributed by atoms with Gasteiger partial charge in [-0.3, -0.25) is 0 Å². The van der Waals surface area contributed by atoms with Crippen molar-refractivity contribution in [1.82, 2.24) is 0 Å². The molecule has 2 aromatic carbocycles. The summed E-state index contributed by atoms with van der Waals surface area (Å²) in [6.45, 7) is 45.5. The Morgan fingerprint density at radius 3 is 1.21 bits per heavy atom. The lowest BCUT2D eigenvalue weighted by Crippen LogP contribution is -2.32.